The first-order valence-electron chi connectivity index (χ1n) is 5.24. The summed E-state index contributed by atoms with van der Waals surface area (Å²) in [6, 6.07) is 0. The molecule has 16 heavy (non-hydrogen) atoms. The summed E-state index contributed by atoms with van der Waals surface area (Å²) in [5.74, 6) is -1.81. The largest absolute Gasteiger partial charge is 0.391 e. The van der Waals surface area contributed by atoms with Crippen LogP contribution in [0.2, 0.25) is 0 Å². The molecule has 1 aliphatic carbocycles. The molecular formula is C10H16F3NO2. The van der Waals surface area contributed by atoms with E-state index in [-0.39, 0.29) is 37.5 Å². The van der Waals surface area contributed by atoms with Crippen LogP contribution in [0.1, 0.15) is 25.7 Å². The fourth-order valence-electron chi connectivity index (χ4n) is 2.01. The first-order chi connectivity index (χ1) is 7.36. The summed E-state index contributed by atoms with van der Waals surface area (Å²) in [4.78, 5) is 16.3. The molecule has 0 aromatic heterocycles. The number of amides is 1. The molecule has 94 valence electrons. The summed E-state index contributed by atoms with van der Waals surface area (Å²) in [5, 5.41) is 1.08. The SMILES string of the molecule is CON(C)C(=O)C1CCC(C(F)(F)F)CC1. The second-order valence-corrected chi connectivity index (χ2v) is 4.11. The van der Waals surface area contributed by atoms with Crippen molar-refractivity contribution in [2.75, 3.05) is 14.2 Å². The van der Waals surface area contributed by atoms with Gasteiger partial charge in [0.25, 0.3) is 0 Å². The summed E-state index contributed by atoms with van der Waals surface area (Å²) >= 11 is 0. The van der Waals surface area contributed by atoms with E-state index in [1.165, 1.54) is 14.2 Å². The smallest absolute Gasteiger partial charge is 0.275 e. The van der Waals surface area contributed by atoms with E-state index in [2.05, 4.69) is 0 Å². The van der Waals surface area contributed by atoms with E-state index in [0.29, 0.717) is 0 Å². The van der Waals surface area contributed by atoms with E-state index in [1.807, 2.05) is 0 Å². The van der Waals surface area contributed by atoms with Gasteiger partial charge in [-0.1, -0.05) is 0 Å². The Morgan fingerprint density at radius 1 is 1.25 bits per heavy atom. The summed E-state index contributed by atoms with van der Waals surface area (Å²) in [7, 11) is 2.83. The van der Waals surface area contributed by atoms with Crippen LogP contribution in [0.5, 0.6) is 0 Å². The lowest BCUT2D eigenvalue weighted by molar-refractivity contribution is -0.191. The van der Waals surface area contributed by atoms with E-state index in [0.717, 1.165) is 5.06 Å². The van der Waals surface area contributed by atoms with Crippen LogP contribution in [0, 0.1) is 11.8 Å². The Morgan fingerprint density at radius 3 is 2.12 bits per heavy atom. The predicted molar refractivity (Wildman–Crippen MR) is 51.3 cm³/mol. The molecular weight excluding hydrogens is 223 g/mol. The Labute approximate surface area is 92.5 Å². The van der Waals surface area contributed by atoms with Crippen LogP contribution in [0.15, 0.2) is 0 Å². The van der Waals surface area contributed by atoms with Crippen molar-refractivity contribution in [2.45, 2.75) is 31.9 Å². The maximum atomic E-state index is 12.4. The Bertz CT molecular complexity index is 247. The Morgan fingerprint density at radius 2 is 1.75 bits per heavy atom. The maximum Gasteiger partial charge on any atom is 0.391 e. The fourth-order valence-corrected chi connectivity index (χ4v) is 2.01. The lowest BCUT2D eigenvalue weighted by Gasteiger charge is -2.30. The van der Waals surface area contributed by atoms with Crippen LogP contribution in [0.25, 0.3) is 0 Å². The highest BCUT2D eigenvalue weighted by Crippen LogP contribution is 2.39. The molecule has 6 heteroatoms. The van der Waals surface area contributed by atoms with Gasteiger partial charge in [-0.3, -0.25) is 9.63 Å². The summed E-state index contributed by atoms with van der Waals surface area (Å²) in [5.41, 5.74) is 0. The van der Waals surface area contributed by atoms with Gasteiger partial charge in [-0.05, 0) is 25.7 Å². The first kappa shape index (κ1) is 13.3. The van der Waals surface area contributed by atoms with Crippen LogP contribution in [0.3, 0.4) is 0 Å². The standard InChI is InChI=1S/C10H16F3NO2/c1-14(16-2)9(15)7-3-5-8(6-4-7)10(11,12)13/h7-8H,3-6H2,1-2H3. The summed E-state index contributed by atoms with van der Waals surface area (Å²) in [6.45, 7) is 0. The third-order valence-electron chi connectivity index (χ3n) is 3.12. The molecule has 1 saturated carbocycles. The van der Waals surface area contributed by atoms with Crippen molar-refractivity contribution in [1.82, 2.24) is 5.06 Å². The second-order valence-electron chi connectivity index (χ2n) is 4.11. The number of halogens is 3. The molecule has 0 heterocycles. The number of rotatable bonds is 2. The van der Waals surface area contributed by atoms with E-state index < -0.39 is 12.1 Å². The topological polar surface area (TPSA) is 29.5 Å². The van der Waals surface area contributed by atoms with Crippen LogP contribution in [0.4, 0.5) is 13.2 Å². The van der Waals surface area contributed by atoms with Gasteiger partial charge >= 0.3 is 6.18 Å². The second kappa shape index (κ2) is 5.03. The minimum absolute atomic E-state index is 0.0391. The zero-order valence-corrected chi connectivity index (χ0v) is 9.38. The van der Waals surface area contributed by atoms with Crippen LogP contribution in [-0.2, 0) is 9.63 Å². The monoisotopic (exact) mass is 239 g/mol. The van der Waals surface area contributed by atoms with Gasteiger partial charge in [0.2, 0.25) is 5.91 Å². The van der Waals surface area contributed by atoms with Crippen LogP contribution < -0.4 is 0 Å². The van der Waals surface area contributed by atoms with Crippen LogP contribution in [-0.4, -0.2) is 31.3 Å². The molecule has 0 radical (unpaired) electrons. The molecule has 0 spiro atoms. The fraction of sp³-hybridized carbons (Fsp3) is 0.900. The number of carbonyl (C=O) groups is 1. The van der Waals surface area contributed by atoms with E-state index >= 15 is 0 Å². The van der Waals surface area contributed by atoms with Gasteiger partial charge in [0.05, 0.1) is 13.0 Å². The van der Waals surface area contributed by atoms with Gasteiger partial charge in [0, 0.05) is 13.0 Å². The average molecular weight is 239 g/mol. The van der Waals surface area contributed by atoms with Gasteiger partial charge in [-0.15, -0.1) is 0 Å². The zero-order chi connectivity index (χ0) is 12.3. The highest BCUT2D eigenvalue weighted by molar-refractivity contribution is 5.77. The third-order valence-corrected chi connectivity index (χ3v) is 3.12. The van der Waals surface area contributed by atoms with Gasteiger partial charge < -0.3 is 0 Å². The Balaban J connectivity index is 2.46. The maximum absolute atomic E-state index is 12.4. The van der Waals surface area contributed by atoms with Gasteiger partial charge in [-0.25, -0.2) is 5.06 Å². The number of nitrogens with zero attached hydrogens (tertiary/aromatic N) is 1. The third kappa shape index (κ3) is 3.10. The minimum Gasteiger partial charge on any atom is -0.275 e. The van der Waals surface area contributed by atoms with E-state index in [9.17, 15) is 18.0 Å². The molecule has 0 aliphatic heterocycles. The van der Waals surface area contributed by atoms with E-state index in [1.54, 1.807) is 0 Å². The first-order valence-corrected chi connectivity index (χ1v) is 5.24. The molecule has 0 aromatic rings. The number of hydrogen-bond acceptors (Lipinski definition) is 2. The summed E-state index contributed by atoms with van der Waals surface area (Å²) < 4.78 is 37.1. The molecule has 3 nitrogen and oxygen atoms in total. The van der Waals surface area contributed by atoms with Crippen molar-refractivity contribution in [3.8, 4) is 0 Å². The number of hydrogen-bond donors (Lipinski definition) is 0. The highest BCUT2D eigenvalue weighted by Gasteiger charge is 2.42. The molecule has 0 saturated heterocycles. The zero-order valence-electron chi connectivity index (χ0n) is 9.38. The Hall–Kier alpha value is -0.780. The molecule has 0 unspecified atom stereocenters. The molecule has 1 rings (SSSR count). The minimum atomic E-state index is -4.12. The number of hydroxylamine groups is 2. The summed E-state index contributed by atoms with van der Waals surface area (Å²) in [6.07, 6.45) is -3.47. The van der Waals surface area contributed by atoms with Crippen molar-refractivity contribution >= 4 is 5.91 Å². The predicted octanol–water partition coefficient (Wildman–Crippen LogP) is 2.37. The van der Waals surface area contributed by atoms with Crippen LogP contribution >= 0.6 is 0 Å². The molecule has 0 aromatic carbocycles. The normalized spacial score (nSPS) is 26.6. The molecule has 0 atom stereocenters. The quantitative estimate of drug-likeness (QED) is 0.692. The van der Waals surface area contributed by atoms with Crippen molar-refractivity contribution in [3.05, 3.63) is 0 Å². The number of carbonyl (C=O) groups excluding carboxylic acids is 1. The molecule has 1 aliphatic rings. The van der Waals surface area contributed by atoms with E-state index in [4.69, 9.17) is 4.84 Å². The van der Waals surface area contributed by atoms with Gasteiger partial charge in [0.1, 0.15) is 0 Å². The molecule has 1 fully saturated rings. The van der Waals surface area contributed by atoms with Crippen molar-refractivity contribution < 1.29 is 22.8 Å². The van der Waals surface area contributed by atoms with Gasteiger partial charge in [-0.2, -0.15) is 13.2 Å². The van der Waals surface area contributed by atoms with Crippen molar-refractivity contribution in [1.29, 1.82) is 0 Å². The van der Waals surface area contributed by atoms with Crippen molar-refractivity contribution in [3.63, 3.8) is 0 Å². The lowest BCUT2D eigenvalue weighted by Crippen LogP contribution is -2.36. The molecule has 0 N–H and O–H groups in total. The van der Waals surface area contributed by atoms with Gasteiger partial charge in [0.15, 0.2) is 0 Å². The number of alkyl halides is 3. The Kier molecular flexibility index (Phi) is 4.18. The lowest BCUT2D eigenvalue weighted by atomic mass is 9.81. The highest BCUT2D eigenvalue weighted by atomic mass is 19.4. The molecule has 1 amide bonds. The van der Waals surface area contributed by atoms with Crippen molar-refractivity contribution in [2.24, 2.45) is 11.8 Å². The average Bonchev–Trinajstić information content (AvgIpc) is 2.26. The molecule has 0 bridgehead atoms.